The van der Waals surface area contributed by atoms with Crippen molar-refractivity contribution in [3.05, 3.63) is 71.7 Å². The Labute approximate surface area is 136 Å². The van der Waals surface area contributed by atoms with E-state index < -0.39 is 7.92 Å². The van der Waals surface area contributed by atoms with Crippen molar-refractivity contribution in [1.82, 2.24) is 4.90 Å². The molecule has 2 rings (SSSR count). The highest BCUT2D eigenvalue weighted by atomic mass is 31.1. The van der Waals surface area contributed by atoms with E-state index in [1.54, 1.807) is 0 Å². The molecule has 116 valence electrons. The highest BCUT2D eigenvalue weighted by molar-refractivity contribution is 7.76. The molecule has 0 aliphatic carbocycles. The highest BCUT2D eigenvalue weighted by Gasteiger charge is 2.23. The van der Waals surface area contributed by atoms with Crippen LogP contribution in [0.3, 0.4) is 0 Å². The van der Waals surface area contributed by atoms with Gasteiger partial charge in [0.05, 0.1) is 0 Å². The molecular weight excluding hydrogens is 285 g/mol. The summed E-state index contributed by atoms with van der Waals surface area (Å²) in [4.78, 5) is 2.51. The quantitative estimate of drug-likeness (QED) is 0.698. The monoisotopic (exact) mass is 311 g/mol. The van der Waals surface area contributed by atoms with Crippen LogP contribution in [-0.2, 0) is 0 Å². The zero-order chi connectivity index (χ0) is 15.9. The van der Waals surface area contributed by atoms with Gasteiger partial charge in [0.15, 0.2) is 0 Å². The van der Waals surface area contributed by atoms with Crippen LogP contribution in [0.25, 0.3) is 0 Å². The molecule has 0 heterocycles. The van der Waals surface area contributed by atoms with E-state index in [9.17, 15) is 0 Å². The largest absolute Gasteiger partial charge is 0.371 e. The van der Waals surface area contributed by atoms with Crippen LogP contribution in [-0.4, -0.2) is 18.0 Å². The van der Waals surface area contributed by atoms with E-state index in [0.29, 0.717) is 0 Å². The lowest BCUT2D eigenvalue weighted by molar-refractivity contribution is 0.404. The molecule has 0 aliphatic rings. The first kappa shape index (κ1) is 16.8. The Morgan fingerprint density at radius 1 is 0.773 bits per heavy atom. The van der Waals surface area contributed by atoms with Gasteiger partial charge in [-0.3, -0.25) is 0 Å². The van der Waals surface area contributed by atoms with Crippen LogP contribution in [0.5, 0.6) is 0 Å². The summed E-state index contributed by atoms with van der Waals surface area (Å²) in [6.45, 7) is 11.1. The topological polar surface area (TPSA) is 3.24 Å². The van der Waals surface area contributed by atoms with Gasteiger partial charge in [-0.1, -0.05) is 66.2 Å². The average Bonchev–Trinajstić information content (AvgIpc) is 2.56. The maximum absolute atomic E-state index is 2.51. The van der Waals surface area contributed by atoms with E-state index in [1.165, 1.54) is 21.6 Å². The molecule has 0 radical (unpaired) electrons. The Balaban J connectivity index is 2.60. The molecule has 0 bridgehead atoms. The third kappa shape index (κ3) is 3.78. The maximum Gasteiger partial charge on any atom is 0.0447 e. The molecule has 0 amide bonds. The molecule has 22 heavy (non-hydrogen) atoms. The molecule has 0 saturated carbocycles. The first-order chi connectivity index (χ1) is 10.7. The summed E-state index contributed by atoms with van der Waals surface area (Å²) in [6, 6.07) is 21.9. The first-order valence-corrected chi connectivity index (χ1v) is 9.35. The van der Waals surface area contributed by atoms with Crippen LogP contribution in [0, 0.1) is 0 Å². The number of benzene rings is 2. The number of nitrogens with zero attached hydrogens (tertiary/aromatic N) is 1. The SMILES string of the molecule is CCN(CC)C(=C(C)C)P(c1ccccc1)c1ccccc1. The van der Waals surface area contributed by atoms with E-state index in [4.69, 9.17) is 0 Å². The molecule has 2 heteroatoms. The maximum atomic E-state index is 2.51. The third-order valence-corrected chi connectivity index (χ3v) is 6.53. The molecular formula is C20H26NP. The summed E-state index contributed by atoms with van der Waals surface area (Å²) in [6.07, 6.45) is 0. The van der Waals surface area contributed by atoms with Crippen LogP contribution in [0.4, 0.5) is 0 Å². The van der Waals surface area contributed by atoms with Crippen LogP contribution in [0.2, 0.25) is 0 Å². The van der Waals surface area contributed by atoms with Crippen molar-refractivity contribution in [3.63, 3.8) is 0 Å². The molecule has 2 aromatic carbocycles. The molecule has 2 aromatic rings. The van der Waals surface area contributed by atoms with Gasteiger partial charge in [-0.15, -0.1) is 0 Å². The van der Waals surface area contributed by atoms with E-state index in [2.05, 4.69) is 93.3 Å². The summed E-state index contributed by atoms with van der Waals surface area (Å²) in [5, 5.41) is 2.85. The summed E-state index contributed by atoms with van der Waals surface area (Å²) in [7, 11) is -0.499. The molecule has 0 fully saturated rings. The zero-order valence-electron chi connectivity index (χ0n) is 14.1. The van der Waals surface area contributed by atoms with Gasteiger partial charge in [-0.25, -0.2) is 0 Å². The molecule has 0 saturated heterocycles. The number of hydrogen-bond donors (Lipinski definition) is 0. The van der Waals surface area contributed by atoms with Gasteiger partial charge in [0.25, 0.3) is 0 Å². The van der Waals surface area contributed by atoms with Crippen molar-refractivity contribution in [3.8, 4) is 0 Å². The van der Waals surface area contributed by atoms with Crippen molar-refractivity contribution in [2.75, 3.05) is 13.1 Å². The smallest absolute Gasteiger partial charge is 0.0447 e. The fourth-order valence-corrected chi connectivity index (χ4v) is 5.49. The molecule has 0 N–H and O–H groups in total. The molecule has 0 unspecified atom stereocenters. The Kier molecular flexibility index (Phi) is 6.21. The highest BCUT2D eigenvalue weighted by Crippen LogP contribution is 2.46. The minimum Gasteiger partial charge on any atom is -0.371 e. The zero-order valence-corrected chi connectivity index (χ0v) is 15.0. The molecule has 0 spiro atoms. The predicted molar refractivity (Wildman–Crippen MR) is 100 cm³/mol. The van der Waals surface area contributed by atoms with Crippen molar-refractivity contribution in [2.24, 2.45) is 0 Å². The molecule has 1 nitrogen and oxygen atoms in total. The second kappa shape index (κ2) is 8.15. The van der Waals surface area contributed by atoms with Gasteiger partial charge in [0.2, 0.25) is 0 Å². The molecule has 0 atom stereocenters. The Bertz CT molecular complexity index is 557. The predicted octanol–water partition coefficient (Wildman–Crippen LogP) is 4.71. The van der Waals surface area contributed by atoms with Crippen LogP contribution in [0.1, 0.15) is 27.7 Å². The van der Waals surface area contributed by atoms with Gasteiger partial charge in [0.1, 0.15) is 0 Å². The van der Waals surface area contributed by atoms with Gasteiger partial charge in [-0.05, 0) is 38.3 Å². The van der Waals surface area contributed by atoms with Crippen LogP contribution in [0.15, 0.2) is 71.7 Å². The number of rotatable bonds is 6. The lowest BCUT2D eigenvalue weighted by Gasteiger charge is -2.33. The van der Waals surface area contributed by atoms with Crippen molar-refractivity contribution >= 4 is 18.5 Å². The lowest BCUT2D eigenvalue weighted by atomic mass is 10.3. The Morgan fingerprint density at radius 3 is 1.50 bits per heavy atom. The molecule has 0 aliphatic heterocycles. The fourth-order valence-electron chi connectivity index (χ4n) is 2.75. The second-order valence-electron chi connectivity index (χ2n) is 5.50. The van der Waals surface area contributed by atoms with Gasteiger partial charge in [0, 0.05) is 26.4 Å². The third-order valence-electron chi connectivity index (χ3n) is 3.75. The van der Waals surface area contributed by atoms with Crippen LogP contribution < -0.4 is 10.6 Å². The Morgan fingerprint density at radius 2 is 1.18 bits per heavy atom. The van der Waals surface area contributed by atoms with E-state index in [-0.39, 0.29) is 0 Å². The fraction of sp³-hybridized carbons (Fsp3) is 0.300. The van der Waals surface area contributed by atoms with E-state index in [0.717, 1.165) is 13.1 Å². The minimum absolute atomic E-state index is 0.499. The summed E-state index contributed by atoms with van der Waals surface area (Å²) >= 11 is 0. The van der Waals surface area contributed by atoms with Gasteiger partial charge >= 0.3 is 0 Å². The van der Waals surface area contributed by atoms with Gasteiger partial charge in [-0.2, -0.15) is 0 Å². The van der Waals surface area contributed by atoms with Gasteiger partial charge < -0.3 is 4.90 Å². The van der Waals surface area contributed by atoms with Crippen molar-refractivity contribution in [1.29, 1.82) is 0 Å². The number of hydrogen-bond acceptors (Lipinski definition) is 1. The molecule has 0 aromatic heterocycles. The average molecular weight is 311 g/mol. The summed E-state index contributed by atoms with van der Waals surface area (Å²) in [5.74, 6) is 0. The normalized spacial score (nSPS) is 10.6. The van der Waals surface area contributed by atoms with E-state index >= 15 is 0 Å². The van der Waals surface area contributed by atoms with Crippen molar-refractivity contribution in [2.45, 2.75) is 27.7 Å². The number of allylic oxidation sites excluding steroid dienone is 1. The van der Waals surface area contributed by atoms with Crippen LogP contribution >= 0.6 is 7.92 Å². The second-order valence-corrected chi connectivity index (χ2v) is 7.63. The Hall–Kier alpha value is -1.59. The summed E-state index contributed by atoms with van der Waals surface area (Å²) < 4.78 is 0. The first-order valence-electron chi connectivity index (χ1n) is 8.01. The minimum atomic E-state index is -0.499. The standard InChI is InChI=1S/C20H26NP/c1-5-21(6-2)20(17(3)4)22(18-13-9-7-10-14-18)19-15-11-8-12-16-19/h7-16H,5-6H2,1-4H3. The van der Waals surface area contributed by atoms with E-state index in [1.807, 2.05) is 0 Å². The summed E-state index contributed by atoms with van der Waals surface area (Å²) in [5.41, 5.74) is 2.92. The lowest BCUT2D eigenvalue weighted by Crippen LogP contribution is -2.27. The van der Waals surface area contributed by atoms with Crippen molar-refractivity contribution < 1.29 is 0 Å².